The fraction of sp³-hybridized carbons (Fsp3) is 0.364. The lowest BCUT2D eigenvalue weighted by Gasteiger charge is -2.10. The molecule has 104 valence electrons. The van der Waals surface area contributed by atoms with Crippen LogP contribution in [-0.2, 0) is 10.8 Å². The molecule has 0 fully saturated rings. The quantitative estimate of drug-likeness (QED) is 0.614. The van der Waals surface area contributed by atoms with Crippen LogP contribution in [0.15, 0.2) is 18.2 Å². The summed E-state index contributed by atoms with van der Waals surface area (Å²) in [5, 5.41) is 22.5. The van der Waals surface area contributed by atoms with Gasteiger partial charge in [0, 0.05) is 34.9 Å². The van der Waals surface area contributed by atoms with E-state index in [1.165, 1.54) is 18.4 Å². The van der Waals surface area contributed by atoms with Crippen molar-refractivity contribution in [2.75, 3.05) is 12.8 Å². The first kappa shape index (κ1) is 15.1. The highest BCUT2D eigenvalue weighted by atomic mass is 32.2. The molecule has 1 aromatic rings. The predicted molar refractivity (Wildman–Crippen MR) is 70.6 cm³/mol. The van der Waals surface area contributed by atoms with E-state index >= 15 is 0 Å². The van der Waals surface area contributed by atoms with Crippen LogP contribution >= 0.6 is 0 Å². The van der Waals surface area contributed by atoms with Crippen LogP contribution < -0.4 is 5.32 Å². The number of hydrogen-bond acceptors (Lipinski definition) is 5. The summed E-state index contributed by atoms with van der Waals surface area (Å²) >= 11 is 0. The average molecular weight is 286 g/mol. The van der Waals surface area contributed by atoms with E-state index in [1.54, 1.807) is 6.92 Å². The molecule has 19 heavy (non-hydrogen) atoms. The summed E-state index contributed by atoms with van der Waals surface area (Å²) in [6.45, 7) is 1.85. The molecule has 0 aliphatic rings. The highest BCUT2D eigenvalue weighted by Crippen LogP contribution is 2.28. The van der Waals surface area contributed by atoms with E-state index < -0.39 is 33.1 Å². The topological polar surface area (TPSA) is 110 Å². The number of nitro groups is 1. The maximum absolute atomic E-state index is 11.8. The molecule has 2 unspecified atom stereocenters. The van der Waals surface area contributed by atoms with Crippen LogP contribution in [0, 0.1) is 10.1 Å². The number of benzene rings is 1. The third-order valence-corrected chi connectivity index (χ3v) is 3.87. The maximum Gasteiger partial charge on any atom is 0.311 e. The van der Waals surface area contributed by atoms with Gasteiger partial charge in [0.05, 0.1) is 10.5 Å². The Balaban J connectivity index is 2.86. The zero-order chi connectivity index (χ0) is 14.6. The van der Waals surface area contributed by atoms with E-state index in [1.807, 2.05) is 0 Å². The molecule has 0 saturated heterocycles. The molecule has 2 N–H and O–H groups in total. The summed E-state index contributed by atoms with van der Waals surface area (Å²) in [6.07, 6.45) is 1.52. The normalized spacial score (nSPS) is 13.6. The van der Waals surface area contributed by atoms with Crippen molar-refractivity contribution >= 4 is 22.4 Å². The fourth-order valence-electron chi connectivity index (χ4n) is 1.31. The van der Waals surface area contributed by atoms with Gasteiger partial charge >= 0.3 is 5.69 Å². The minimum absolute atomic E-state index is 0.157. The molecule has 1 rings (SSSR count). The van der Waals surface area contributed by atoms with E-state index in [0.29, 0.717) is 0 Å². The zero-order valence-electron chi connectivity index (χ0n) is 10.5. The van der Waals surface area contributed by atoms with E-state index in [4.69, 9.17) is 0 Å². The van der Waals surface area contributed by atoms with Crippen LogP contribution in [0.3, 0.4) is 0 Å². The number of amides is 1. The van der Waals surface area contributed by atoms with E-state index in [9.17, 15) is 24.2 Å². The molecule has 0 spiro atoms. The van der Waals surface area contributed by atoms with E-state index in [-0.39, 0.29) is 17.4 Å². The third-order valence-electron chi connectivity index (χ3n) is 2.57. The van der Waals surface area contributed by atoms with E-state index in [2.05, 4.69) is 5.32 Å². The van der Waals surface area contributed by atoms with Crippen LogP contribution in [0.4, 0.5) is 5.69 Å². The molecule has 0 heterocycles. The number of nitrogens with zero attached hydrogens (tertiary/aromatic N) is 1. The molecule has 2 atom stereocenters. The first-order chi connectivity index (χ1) is 8.84. The van der Waals surface area contributed by atoms with Gasteiger partial charge in [0.15, 0.2) is 0 Å². The molecule has 7 nitrogen and oxygen atoms in total. The molecule has 0 bridgehead atoms. The molecule has 0 saturated carbocycles. The second-order valence-corrected chi connectivity index (χ2v) is 5.75. The number of rotatable bonds is 5. The van der Waals surface area contributed by atoms with Crippen molar-refractivity contribution in [3.05, 3.63) is 33.9 Å². The van der Waals surface area contributed by atoms with Crippen molar-refractivity contribution in [1.82, 2.24) is 5.32 Å². The number of aromatic hydroxyl groups is 1. The molecular formula is C11H14N2O5S. The minimum atomic E-state index is -1.09. The molecular weight excluding hydrogens is 272 g/mol. The molecule has 0 aromatic heterocycles. The van der Waals surface area contributed by atoms with Gasteiger partial charge in [0.25, 0.3) is 5.91 Å². The van der Waals surface area contributed by atoms with Gasteiger partial charge in [-0.05, 0) is 13.0 Å². The van der Waals surface area contributed by atoms with Crippen molar-refractivity contribution in [2.24, 2.45) is 0 Å². The monoisotopic (exact) mass is 286 g/mol. The van der Waals surface area contributed by atoms with Gasteiger partial charge in [-0.15, -0.1) is 0 Å². The van der Waals surface area contributed by atoms with Crippen LogP contribution in [0.1, 0.15) is 17.3 Å². The zero-order valence-corrected chi connectivity index (χ0v) is 11.3. The molecule has 8 heteroatoms. The predicted octanol–water partition coefficient (Wildman–Crippen LogP) is 0.797. The Bertz CT molecular complexity index is 532. The van der Waals surface area contributed by atoms with Crippen molar-refractivity contribution in [2.45, 2.75) is 12.2 Å². The highest BCUT2D eigenvalue weighted by Gasteiger charge is 2.21. The Morgan fingerprint density at radius 3 is 2.74 bits per heavy atom. The standard InChI is InChI=1S/C11H14N2O5S/c1-7(19(2)18)6-12-11(15)8-4-3-5-9(10(8)14)13(16)17/h3-5,7,14H,6H2,1-2H3,(H,12,15). The number of hydrogen-bond donors (Lipinski definition) is 2. The summed E-state index contributed by atoms with van der Waals surface area (Å²) in [7, 11) is -1.09. The highest BCUT2D eigenvalue weighted by molar-refractivity contribution is 7.84. The second-order valence-electron chi connectivity index (χ2n) is 3.95. The smallest absolute Gasteiger partial charge is 0.311 e. The summed E-state index contributed by atoms with van der Waals surface area (Å²) in [4.78, 5) is 21.6. The number of phenolic OH excluding ortho intramolecular Hbond substituents is 1. The Kier molecular flexibility index (Phi) is 4.99. The van der Waals surface area contributed by atoms with Crippen LogP contribution in [0.2, 0.25) is 0 Å². The van der Waals surface area contributed by atoms with Gasteiger partial charge in [-0.3, -0.25) is 19.1 Å². The van der Waals surface area contributed by atoms with E-state index in [0.717, 1.165) is 6.07 Å². The fourth-order valence-corrected chi connectivity index (χ4v) is 1.63. The van der Waals surface area contributed by atoms with Crippen LogP contribution in [0.25, 0.3) is 0 Å². The average Bonchev–Trinajstić information content (AvgIpc) is 2.35. The number of carbonyl (C=O) groups excluding carboxylic acids is 1. The largest absolute Gasteiger partial charge is 0.502 e. The molecule has 0 aliphatic heterocycles. The number of nitrogens with one attached hydrogen (secondary N) is 1. The number of para-hydroxylation sites is 1. The van der Waals surface area contributed by atoms with Crippen molar-refractivity contribution in [3.63, 3.8) is 0 Å². The molecule has 0 radical (unpaired) electrons. The van der Waals surface area contributed by atoms with Gasteiger partial charge in [-0.1, -0.05) is 6.07 Å². The molecule has 1 aromatic carbocycles. The first-order valence-electron chi connectivity index (χ1n) is 5.41. The van der Waals surface area contributed by atoms with Crippen LogP contribution in [-0.4, -0.2) is 38.2 Å². The summed E-state index contributed by atoms with van der Waals surface area (Å²) in [6, 6.07) is 3.70. The lowest BCUT2D eigenvalue weighted by atomic mass is 10.1. The Labute approximate surface area is 112 Å². The number of nitro benzene ring substituents is 1. The van der Waals surface area contributed by atoms with Gasteiger partial charge in [0.1, 0.15) is 0 Å². The summed E-state index contributed by atoms with van der Waals surface area (Å²) in [5.74, 6) is -1.31. The molecule has 1 amide bonds. The van der Waals surface area contributed by atoms with Gasteiger partial charge < -0.3 is 10.4 Å². The lowest BCUT2D eigenvalue weighted by molar-refractivity contribution is -0.385. The Hall–Kier alpha value is -1.96. The maximum atomic E-state index is 11.8. The number of phenols is 1. The lowest BCUT2D eigenvalue weighted by Crippen LogP contribution is -2.32. The number of carbonyl (C=O) groups is 1. The van der Waals surface area contributed by atoms with Crippen molar-refractivity contribution in [3.8, 4) is 5.75 Å². The van der Waals surface area contributed by atoms with Gasteiger partial charge in [-0.25, -0.2) is 0 Å². The first-order valence-corrected chi connectivity index (χ1v) is 7.03. The van der Waals surface area contributed by atoms with Crippen LogP contribution in [0.5, 0.6) is 5.75 Å². The summed E-state index contributed by atoms with van der Waals surface area (Å²) < 4.78 is 11.1. The minimum Gasteiger partial charge on any atom is -0.502 e. The SMILES string of the molecule is CC(CNC(=O)c1cccc([N+](=O)[O-])c1O)S(C)=O. The third kappa shape index (κ3) is 3.75. The Morgan fingerprint density at radius 2 is 2.21 bits per heavy atom. The molecule has 0 aliphatic carbocycles. The van der Waals surface area contributed by atoms with Gasteiger partial charge in [-0.2, -0.15) is 0 Å². The van der Waals surface area contributed by atoms with Crippen molar-refractivity contribution in [1.29, 1.82) is 0 Å². The van der Waals surface area contributed by atoms with Crippen molar-refractivity contribution < 1.29 is 19.0 Å². The summed E-state index contributed by atoms with van der Waals surface area (Å²) in [5.41, 5.74) is -0.706. The Morgan fingerprint density at radius 1 is 1.58 bits per heavy atom. The second kappa shape index (κ2) is 6.28. The van der Waals surface area contributed by atoms with Gasteiger partial charge in [0.2, 0.25) is 5.75 Å².